The van der Waals surface area contributed by atoms with Crippen LogP contribution in [0, 0.1) is 0 Å². The normalized spacial score (nSPS) is 21.8. The zero-order valence-corrected chi connectivity index (χ0v) is 10.9. The number of anilines is 1. The number of β-amino-alcohol motifs (C(OH)–C–C–N with tert-alkyl or cyclic N) is 1. The summed E-state index contributed by atoms with van der Waals surface area (Å²) < 4.78 is 0. The van der Waals surface area contributed by atoms with E-state index in [0.717, 1.165) is 4.90 Å². The Morgan fingerprint density at radius 1 is 1.40 bits per heavy atom. The number of urea groups is 1. The van der Waals surface area contributed by atoms with Crippen LogP contribution in [-0.4, -0.2) is 58.0 Å². The number of nitrogens with zero attached hydrogens (tertiary/aromatic N) is 2. The molecule has 7 nitrogen and oxygen atoms in total. The summed E-state index contributed by atoms with van der Waals surface area (Å²) in [5, 5.41) is 28.0. The lowest BCUT2D eigenvalue weighted by Crippen LogP contribution is -2.47. The number of carboxylic acid groups (broad SMARTS) is 1. The Bertz CT molecular complexity index is 533. The summed E-state index contributed by atoms with van der Waals surface area (Å²) in [6, 6.07) is 4.53. The van der Waals surface area contributed by atoms with Crippen molar-refractivity contribution in [2.45, 2.75) is 18.6 Å². The van der Waals surface area contributed by atoms with Gasteiger partial charge in [-0.05, 0) is 12.1 Å². The number of aromatic hydroxyl groups is 1. The molecule has 2 amide bonds. The minimum Gasteiger partial charge on any atom is -0.508 e. The molecule has 0 saturated carbocycles. The van der Waals surface area contributed by atoms with Gasteiger partial charge in [0, 0.05) is 31.8 Å². The van der Waals surface area contributed by atoms with E-state index in [4.69, 9.17) is 5.11 Å². The minimum absolute atomic E-state index is 0.0124. The quantitative estimate of drug-likeness (QED) is 0.731. The van der Waals surface area contributed by atoms with Gasteiger partial charge in [0.25, 0.3) is 0 Å². The number of benzene rings is 1. The second-order valence-corrected chi connectivity index (χ2v) is 4.76. The molecule has 1 aliphatic heterocycles. The molecule has 0 unspecified atom stereocenters. The van der Waals surface area contributed by atoms with Crippen molar-refractivity contribution in [1.29, 1.82) is 0 Å². The Morgan fingerprint density at radius 3 is 2.70 bits per heavy atom. The van der Waals surface area contributed by atoms with Crippen LogP contribution in [0.25, 0.3) is 0 Å². The molecule has 1 aliphatic rings. The molecule has 20 heavy (non-hydrogen) atoms. The molecule has 7 heteroatoms. The molecule has 108 valence electrons. The van der Waals surface area contributed by atoms with E-state index < -0.39 is 24.1 Å². The molecule has 0 radical (unpaired) electrons. The van der Waals surface area contributed by atoms with Crippen molar-refractivity contribution in [1.82, 2.24) is 4.90 Å². The molecule has 1 aromatic rings. The molecule has 0 spiro atoms. The monoisotopic (exact) mass is 280 g/mol. The van der Waals surface area contributed by atoms with E-state index in [1.807, 2.05) is 0 Å². The Hall–Kier alpha value is -2.28. The smallest absolute Gasteiger partial charge is 0.326 e. The summed E-state index contributed by atoms with van der Waals surface area (Å²) in [4.78, 5) is 25.8. The molecule has 1 aromatic carbocycles. The second kappa shape index (κ2) is 5.38. The van der Waals surface area contributed by atoms with Crippen LogP contribution in [0.15, 0.2) is 24.3 Å². The maximum absolute atomic E-state index is 12.3. The van der Waals surface area contributed by atoms with Crippen LogP contribution < -0.4 is 4.90 Å². The first-order chi connectivity index (χ1) is 9.40. The first-order valence-corrected chi connectivity index (χ1v) is 6.14. The van der Waals surface area contributed by atoms with Gasteiger partial charge in [-0.15, -0.1) is 0 Å². The van der Waals surface area contributed by atoms with Gasteiger partial charge in [0.2, 0.25) is 0 Å². The first-order valence-electron chi connectivity index (χ1n) is 6.14. The highest BCUT2D eigenvalue weighted by atomic mass is 16.4. The van der Waals surface area contributed by atoms with Crippen molar-refractivity contribution in [2.24, 2.45) is 0 Å². The number of hydrogen-bond acceptors (Lipinski definition) is 4. The van der Waals surface area contributed by atoms with Gasteiger partial charge in [-0.3, -0.25) is 4.90 Å². The van der Waals surface area contributed by atoms with Gasteiger partial charge in [0.1, 0.15) is 11.8 Å². The molecule has 1 saturated heterocycles. The minimum atomic E-state index is -1.14. The van der Waals surface area contributed by atoms with Gasteiger partial charge in [-0.25, -0.2) is 9.59 Å². The molecule has 1 heterocycles. The van der Waals surface area contributed by atoms with Gasteiger partial charge in [-0.1, -0.05) is 6.07 Å². The predicted molar refractivity (Wildman–Crippen MR) is 70.7 cm³/mol. The number of aliphatic hydroxyl groups excluding tert-OH is 1. The fraction of sp³-hybridized carbons (Fsp3) is 0.385. The number of carbonyl (C=O) groups excluding carboxylic acids is 1. The van der Waals surface area contributed by atoms with E-state index in [1.165, 1.54) is 24.1 Å². The van der Waals surface area contributed by atoms with Gasteiger partial charge in [0.15, 0.2) is 0 Å². The maximum atomic E-state index is 12.3. The standard InChI is InChI=1S/C13H16N2O5/c1-14(8-3-2-4-9(16)5-8)13(20)15-7-10(17)6-11(15)12(18)19/h2-5,10-11,16-17H,6-7H2,1H3,(H,18,19)/t10-,11+/m1/s1. The Balaban J connectivity index is 2.20. The highest BCUT2D eigenvalue weighted by Gasteiger charge is 2.40. The average molecular weight is 280 g/mol. The number of rotatable bonds is 2. The zero-order valence-electron chi connectivity index (χ0n) is 10.9. The molecular weight excluding hydrogens is 264 g/mol. The number of phenolic OH excluding ortho intramolecular Hbond substituents is 1. The second-order valence-electron chi connectivity index (χ2n) is 4.76. The third kappa shape index (κ3) is 2.67. The highest BCUT2D eigenvalue weighted by molar-refractivity contribution is 5.94. The summed E-state index contributed by atoms with van der Waals surface area (Å²) in [7, 11) is 1.49. The van der Waals surface area contributed by atoms with E-state index in [-0.39, 0.29) is 18.7 Å². The summed E-state index contributed by atoms with van der Waals surface area (Å²) in [6.07, 6.45) is -0.813. The third-order valence-electron chi connectivity index (χ3n) is 3.31. The summed E-state index contributed by atoms with van der Waals surface area (Å²) in [6.45, 7) is -0.0149. The molecule has 1 fully saturated rings. The van der Waals surface area contributed by atoms with Crippen LogP contribution >= 0.6 is 0 Å². The Kier molecular flexibility index (Phi) is 3.80. The van der Waals surface area contributed by atoms with E-state index in [2.05, 4.69) is 0 Å². The molecule has 2 atom stereocenters. The lowest BCUT2D eigenvalue weighted by molar-refractivity contribution is -0.141. The van der Waals surface area contributed by atoms with Crippen molar-refractivity contribution < 1.29 is 24.9 Å². The summed E-state index contributed by atoms with van der Waals surface area (Å²) in [5.74, 6) is -1.13. The van der Waals surface area contributed by atoms with Crippen molar-refractivity contribution in [3.8, 4) is 5.75 Å². The zero-order chi connectivity index (χ0) is 14.9. The predicted octanol–water partition coefficient (Wildman–Crippen LogP) is 0.468. The first kappa shape index (κ1) is 14.1. The lowest BCUT2D eigenvalue weighted by atomic mass is 10.2. The van der Waals surface area contributed by atoms with E-state index in [9.17, 15) is 19.8 Å². The van der Waals surface area contributed by atoms with Gasteiger partial charge < -0.3 is 20.2 Å². The summed E-state index contributed by atoms with van der Waals surface area (Å²) >= 11 is 0. The third-order valence-corrected chi connectivity index (χ3v) is 3.31. The van der Waals surface area contributed by atoms with Crippen LogP contribution in [0.3, 0.4) is 0 Å². The van der Waals surface area contributed by atoms with Crippen LogP contribution in [0.1, 0.15) is 6.42 Å². The molecular formula is C13H16N2O5. The summed E-state index contributed by atoms with van der Waals surface area (Å²) in [5.41, 5.74) is 0.445. The SMILES string of the molecule is CN(C(=O)N1C[C@H](O)C[C@H]1C(=O)O)c1cccc(O)c1. The number of carbonyl (C=O) groups is 2. The maximum Gasteiger partial charge on any atom is 0.326 e. The number of carboxylic acids is 1. The fourth-order valence-corrected chi connectivity index (χ4v) is 2.26. The Morgan fingerprint density at radius 2 is 2.10 bits per heavy atom. The van der Waals surface area contributed by atoms with Crippen molar-refractivity contribution in [3.63, 3.8) is 0 Å². The van der Waals surface area contributed by atoms with Crippen LogP contribution in [-0.2, 0) is 4.79 Å². The van der Waals surface area contributed by atoms with Crippen LogP contribution in [0.4, 0.5) is 10.5 Å². The van der Waals surface area contributed by atoms with Crippen LogP contribution in [0.2, 0.25) is 0 Å². The highest BCUT2D eigenvalue weighted by Crippen LogP contribution is 2.24. The van der Waals surface area contributed by atoms with Crippen LogP contribution in [0.5, 0.6) is 5.75 Å². The number of aliphatic hydroxyl groups is 1. The van der Waals surface area contributed by atoms with E-state index in [0.29, 0.717) is 5.69 Å². The van der Waals surface area contributed by atoms with Crippen molar-refractivity contribution >= 4 is 17.7 Å². The fourth-order valence-electron chi connectivity index (χ4n) is 2.26. The van der Waals surface area contributed by atoms with Gasteiger partial charge >= 0.3 is 12.0 Å². The van der Waals surface area contributed by atoms with Crippen molar-refractivity contribution in [3.05, 3.63) is 24.3 Å². The molecule has 0 aliphatic carbocycles. The van der Waals surface area contributed by atoms with Crippen molar-refractivity contribution in [2.75, 3.05) is 18.5 Å². The largest absolute Gasteiger partial charge is 0.508 e. The number of aliphatic carboxylic acids is 1. The number of hydrogen-bond donors (Lipinski definition) is 3. The average Bonchev–Trinajstić information content (AvgIpc) is 2.79. The Labute approximate surface area is 115 Å². The number of amides is 2. The van der Waals surface area contributed by atoms with Gasteiger partial charge in [-0.2, -0.15) is 0 Å². The molecule has 0 bridgehead atoms. The van der Waals surface area contributed by atoms with E-state index in [1.54, 1.807) is 12.1 Å². The number of likely N-dealkylation sites (tertiary alicyclic amines) is 1. The van der Waals surface area contributed by atoms with E-state index >= 15 is 0 Å². The number of phenols is 1. The molecule has 0 aromatic heterocycles. The molecule has 2 rings (SSSR count). The topological polar surface area (TPSA) is 101 Å². The van der Waals surface area contributed by atoms with Gasteiger partial charge in [0.05, 0.1) is 6.10 Å². The molecule has 3 N–H and O–H groups in total. The lowest BCUT2D eigenvalue weighted by Gasteiger charge is -2.27.